The van der Waals surface area contributed by atoms with Crippen molar-refractivity contribution < 1.29 is 19.1 Å². The van der Waals surface area contributed by atoms with Gasteiger partial charge >= 0.3 is 5.97 Å². The Labute approximate surface area is 206 Å². The van der Waals surface area contributed by atoms with Gasteiger partial charge in [-0.3, -0.25) is 4.79 Å². The van der Waals surface area contributed by atoms with Crippen molar-refractivity contribution in [2.24, 2.45) is 0 Å². The van der Waals surface area contributed by atoms with Crippen LogP contribution in [0.4, 0.5) is 0 Å². The Hall–Kier alpha value is -3.12. The number of rotatable bonds is 11. The van der Waals surface area contributed by atoms with Gasteiger partial charge in [-0.1, -0.05) is 39.3 Å². The molecule has 0 aliphatic heterocycles. The van der Waals surface area contributed by atoms with Gasteiger partial charge in [0.2, 0.25) is 0 Å². The summed E-state index contributed by atoms with van der Waals surface area (Å²) < 4.78 is 11.7. The fourth-order valence-electron chi connectivity index (χ4n) is 5.16. The van der Waals surface area contributed by atoms with E-state index in [1.807, 2.05) is 12.1 Å². The van der Waals surface area contributed by atoms with Crippen LogP contribution in [0.2, 0.25) is 0 Å². The van der Waals surface area contributed by atoms with Crippen LogP contribution in [0.5, 0.6) is 5.75 Å². The average Bonchev–Trinajstić information content (AvgIpc) is 3.66. The van der Waals surface area contributed by atoms with Gasteiger partial charge < -0.3 is 19.2 Å². The molecule has 35 heavy (non-hydrogen) atoms. The molecule has 2 unspecified atom stereocenters. The van der Waals surface area contributed by atoms with E-state index in [4.69, 9.17) is 9.15 Å². The molecule has 1 aliphatic carbocycles. The van der Waals surface area contributed by atoms with E-state index in [0.717, 1.165) is 37.4 Å². The fourth-order valence-corrected chi connectivity index (χ4v) is 5.16. The summed E-state index contributed by atoms with van der Waals surface area (Å²) >= 11 is 0. The van der Waals surface area contributed by atoms with Gasteiger partial charge in [0.1, 0.15) is 17.1 Å². The Bertz CT molecular complexity index is 1260. The number of carboxylic acids is 1. The number of benzene rings is 2. The van der Waals surface area contributed by atoms with E-state index in [9.17, 15) is 14.7 Å². The first-order valence-electron chi connectivity index (χ1n) is 12.6. The molecule has 2 atom stereocenters. The smallest absolute Gasteiger partial charge is 0.335 e. The molecule has 1 N–H and O–H groups in total. The molecule has 6 nitrogen and oxygen atoms in total. The van der Waals surface area contributed by atoms with Crippen LogP contribution in [0.15, 0.2) is 45.6 Å². The second-order valence-corrected chi connectivity index (χ2v) is 9.29. The molecule has 2 aromatic carbocycles. The topological polar surface area (TPSA) is 80.0 Å². The lowest BCUT2D eigenvalue weighted by Gasteiger charge is -2.19. The second-order valence-electron chi connectivity index (χ2n) is 9.29. The van der Waals surface area contributed by atoms with Gasteiger partial charge in [-0.25, -0.2) is 4.79 Å². The number of methoxy groups -OCH3 is 1. The van der Waals surface area contributed by atoms with Gasteiger partial charge in [0.05, 0.1) is 18.1 Å². The zero-order valence-electron chi connectivity index (χ0n) is 21.1. The molecule has 0 spiro atoms. The molecule has 4 rings (SSSR count). The first-order chi connectivity index (χ1) is 16.9. The maximum absolute atomic E-state index is 13.9. The highest BCUT2D eigenvalue weighted by molar-refractivity contribution is 5.96. The average molecular weight is 478 g/mol. The summed E-state index contributed by atoms with van der Waals surface area (Å²) in [5.74, 6) is 1.03. The monoisotopic (exact) mass is 477 g/mol. The summed E-state index contributed by atoms with van der Waals surface area (Å²) in [5, 5.41) is 10.3. The van der Waals surface area contributed by atoms with E-state index < -0.39 is 5.97 Å². The molecule has 1 aromatic heterocycles. The van der Waals surface area contributed by atoms with Crippen LogP contribution in [-0.2, 0) is 12.8 Å². The molecular formula is C29H35NO5. The molecule has 1 fully saturated rings. The van der Waals surface area contributed by atoms with Crippen LogP contribution in [0, 0.1) is 0 Å². The highest BCUT2D eigenvalue weighted by Gasteiger charge is 2.43. The number of hydrogen-bond donors (Lipinski definition) is 1. The number of carbonyl (C=O) groups is 1. The Morgan fingerprint density at radius 2 is 1.74 bits per heavy atom. The lowest BCUT2D eigenvalue weighted by atomic mass is 9.95. The summed E-state index contributed by atoms with van der Waals surface area (Å²) in [6.45, 7) is 8.66. The molecular weight excluding hydrogens is 442 g/mol. The third kappa shape index (κ3) is 4.98. The molecule has 0 saturated heterocycles. The minimum atomic E-state index is -1.01. The van der Waals surface area contributed by atoms with Crippen LogP contribution in [0.3, 0.4) is 0 Å². The standard InChI is InChI=1S/C29H35NO5/c1-5-8-22-27(31)26-20(15-16-30(6-2)7-3)21(29(32)33)13-14-25(26)35-28(22)24-17-23(24)18-9-11-19(34-4)12-10-18/h9-14,23-24H,5-8,15-17H2,1-4H3,(H,32,33). The van der Waals surface area contributed by atoms with Crippen molar-refractivity contribution in [3.05, 3.63) is 74.6 Å². The van der Waals surface area contributed by atoms with Gasteiger partial charge in [0.15, 0.2) is 5.43 Å². The van der Waals surface area contributed by atoms with Crippen molar-refractivity contribution in [1.29, 1.82) is 0 Å². The van der Waals surface area contributed by atoms with Crippen molar-refractivity contribution in [2.45, 2.75) is 58.3 Å². The van der Waals surface area contributed by atoms with Crippen LogP contribution in [0.1, 0.15) is 78.3 Å². The summed E-state index contributed by atoms with van der Waals surface area (Å²) in [4.78, 5) is 28.2. The lowest BCUT2D eigenvalue weighted by Crippen LogP contribution is -2.26. The summed E-state index contributed by atoms with van der Waals surface area (Å²) in [6.07, 6.45) is 2.86. The van der Waals surface area contributed by atoms with E-state index in [2.05, 4.69) is 37.8 Å². The molecule has 186 valence electrons. The highest BCUT2D eigenvalue weighted by atomic mass is 16.5. The number of fused-ring (bicyclic) bond motifs is 1. The molecule has 1 saturated carbocycles. The molecule has 1 aliphatic rings. The number of hydrogen-bond acceptors (Lipinski definition) is 5. The Morgan fingerprint density at radius 1 is 1.03 bits per heavy atom. The molecule has 0 radical (unpaired) electrons. The van der Waals surface area contributed by atoms with Gasteiger partial charge in [-0.05, 0) is 73.7 Å². The third-order valence-corrected chi connectivity index (χ3v) is 7.27. The van der Waals surface area contributed by atoms with E-state index >= 15 is 0 Å². The normalized spacial score (nSPS) is 17.2. The van der Waals surface area contributed by atoms with E-state index in [1.54, 1.807) is 19.2 Å². The molecule has 3 aromatic rings. The Kier molecular flexibility index (Phi) is 7.60. The zero-order chi connectivity index (χ0) is 25.1. The zero-order valence-corrected chi connectivity index (χ0v) is 21.1. The number of nitrogens with zero attached hydrogens (tertiary/aromatic N) is 1. The molecule has 0 bridgehead atoms. The molecule has 1 heterocycles. The maximum atomic E-state index is 13.9. The van der Waals surface area contributed by atoms with Crippen molar-refractivity contribution in [1.82, 2.24) is 4.90 Å². The SMILES string of the molecule is CCCc1c(C2CC2c2ccc(OC)cc2)oc2ccc(C(=O)O)c(CCN(CC)CC)c2c1=O. The summed E-state index contributed by atoms with van der Waals surface area (Å²) in [7, 11) is 1.65. The fraction of sp³-hybridized carbons (Fsp3) is 0.448. The van der Waals surface area contributed by atoms with Gasteiger partial charge in [0.25, 0.3) is 0 Å². The van der Waals surface area contributed by atoms with Crippen LogP contribution < -0.4 is 10.2 Å². The third-order valence-electron chi connectivity index (χ3n) is 7.27. The first kappa shape index (κ1) is 25.0. The molecule has 0 amide bonds. The van der Waals surface area contributed by atoms with Crippen LogP contribution >= 0.6 is 0 Å². The maximum Gasteiger partial charge on any atom is 0.335 e. The van der Waals surface area contributed by atoms with E-state index in [0.29, 0.717) is 47.4 Å². The van der Waals surface area contributed by atoms with Gasteiger partial charge in [0, 0.05) is 18.0 Å². The first-order valence-corrected chi connectivity index (χ1v) is 12.6. The molecule has 6 heteroatoms. The summed E-state index contributed by atoms with van der Waals surface area (Å²) in [5.41, 5.74) is 3.11. The van der Waals surface area contributed by atoms with Gasteiger partial charge in [-0.15, -0.1) is 0 Å². The Morgan fingerprint density at radius 3 is 2.34 bits per heavy atom. The highest BCUT2D eigenvalue weighted by Crippen LogP contribution is 2.55. The number of ether oxygens (including phenoxy) is 1. The van der Waals surface area contributed by atoms with Crippen molar-refractivity contribution >= 4 is 16.9 Å². The number of likely N-dealkylation sites (N-methyl/N-ethyl adjacent to an activating group) is 1. The minimum Gasteiger partial charge on any atom is -0.497 e. The van der Waals surface area contributed by atoms with E-state index in [-0.39, 0.29) is 16.9 Å². The number of carboxylic acid groups (broad SMARTS) is 1. The minimum absolute atomic E-state index is 0.0684. The van der Waals surface area contributed by atoms with Crippen molar-refractivity contribution in [2.75, 3.05) is 26.7 Å². The van der Waals surface area contributed by atoms with Gasteiger partial charge in [-0.2, -0.15) is 0 Å². The quantitative estimate of drug-likeness (QED) is 0.387. The van der Waals surface area contributed by atoms with Crippen LogP contribution in [0.25, 0.3) is 11.0 Å². The van der Waals surface area contributed by atoms with Crippen molar-refractivity contribution in [3.63, 3.8) is 0 Å². The predicted molar refractivity (Wildman–Crippen MR) is 138 cm³/mol. The Balaban J connectivity index is 1.79. The second kappa shape index (κ2) is 10.6. The number of aromatic carboxylic acids is 1. The van der Waals surface area contributed by atoms with Crippen molar-refractivity contribution in [3.8, 4) is 5.75 Å². The van der Waals surface area contributed by atoms with E-state index in [1.165, 1.54) is 5.56 Å². The lowest BCUT2D eigenvalue weighted by molar-refractivity contribution is 0.0695. The van der Waals surface area contributed by atoms with Crippen LogP contribution in [-0.4, -0.2) is 42.7 Å². The predicted octanol–water partition coefficient (Wildman–Crippen LogP) is 5.61. The largest absolute Gasteiger partial charge is 0.497 e. The summed E-state index contributed by atoms with van der Waals surface area (Å²) in [6, 6.07) is 11.3.